The SMILES string of the molecule is CC1C(=O)N(CCCN2CCC[C@H]2CO)CCN1C(=O)/C=C/c1cccc(Cl)c1. The Bertz CT molecular complexity index is 755. The quantitative estimate of drug-likeness (QED) is 0.688. The summed E-state index contributed by atoms with van der Waals surface area (Å²) in [6.07, 6.45) is 6.30. The molecule has 1 unspecified atom stereocenters. The van der Waals surface area contributed by atoms with E-state index in [0.717, 1.165) is 37.9 Å². The van der Waals surface area contributed by atoms with Crippen molar-refractivity contribution in [1.29, 1.82) is 0 Å². The number of aliphatic hydroxyl groups is 1. The van der Waals surface area contributed by atoms with E-state index in [0.29, 0.717) is 24.7 Å². The minimum atomic E-state index is -0.461. The molecule has 2 aliphatic heterocycles. The first-order valence-electron chi connectivity index (χ1n) is 10.4. The molecule has 1 N–H and O–H groups in total. The van der Waals surface area contributed by atoms with Crippen LogP contribution in [0.5, 0.6) is 0 Å². The molecule has 2 saturated heterocycles. The van der Waals surface area contributed by atoms with Gasteiger partial charge in [0.2, 0.25) is 11.8 Å². The minimum Gasteiger partial charge on any atom is -0.395 e. The fourth-order valence-corrected chi connectivity index (χ4v) is 4.39. The Hall–Kier alpha value is -1.89. The van der Waals surface area contributed by atoms with Gasteiger partial charge in [0.25, 0.3) is 0 Å². The Morgan fingerprint density at radius 1 is 1.28 bits per heavy atom. The Labute approximate surface area is 177 Å². The molecule has 0 aliphatic carbocycles. The number of amides is 2. The Morgan fingerprint density at radius 3 is 2.86 bits per heavy atom. The van der Waals surface area contributed by atoms with Crippen LogP contribution in [0.1, 0.15) is 31.7 Å². The molecule has 2 amide bonds. The van der Waals surface area contributed by atoms with E-state index in [1.54, 1.807) is 30.0 Å². The lowest BCUT2D eigenvalue weighted by atomic mass is 10.1. The summed E-state index contributed by atoms with van der Waals surface area (Å²) in [5, 5.41) is 10.0. The second-order valence-electron chi connectivity index (χ2n) is 7.79. The van der Waals surface area contributed by atoms with E-state index in [4.69, 9.17) is 11.6 Å². The van der Waals surface area contributed by atoms with Gasteiger partial charge in [-0.05, 0) is 56.5 Å². The van der Waals surface area contributed by atoms with Crippen LogP contribution in [-0.4, -0.2) is 83.0 Å². The van der Waals surface area contributed by atoms with E-state index >= 15 is 0 Å². The minimum absolute atomic E-state index is 0.000820. The number of hydrogen-bond acceptors (Lipinski definition) is 4. The molecule has 2 fully saturated rings. The van der Waals surface area contributed by atoms with Gasteiger partial charge < -0.3 is 14.9 Å². The van der Waals surface area contributed by atoms with Gasteiger partial charge in [0, 0.05) is 43.3 Å². The maximum absolute atomic E-state index is 12.7. The van der Waals surface area contributed by atoms with Crippen molar-refractivity contribution >= 4 is 29.5 Å². The number of halogens is 1. The van der Waals surface area contributed by atoms with Crippen molar-refractivity contribution in [2.24, 2.45) is 0 Å². The Morgan fingerprint density at radius 2 is 2.10 bits per heavy atom. The van der Waals surface area contributed by atoms with Crippen LogP contribution in [0.2, 0.25) is 5.02 Å². The van der Waals surface area contributed by atoms with Crippen LogP contribution in [0.25, 0.3) is 6.08 Å². The summed E-state index contributed by atoms with van der Waals surface area (Å²) >= 11 is 5.97. The molecule has 0 saturated carbocycles. The second-order valence-corrected chi connectivity index (χ2v) is 8.23. The Kier molecular flexibility index (Phi) is 7.70. The number of aliphatic hydroxyl groups excluding tert-OH is 1. The molecule has 2 atom stereocenters. The van der Waals surface area contributed by atoms with Crippen LogP contribution >= 0.6 is 11.6 Å². The lowest BCUT2D eigenvalue weighted by molar-refractivity contribution is -0.148. The first-order valence-corrected chi connectivity index (χ1v) is 10.8. The van der Waals surface area contributed by atoms with Gasteiger partial charge in [0.15, 0.2) is 0 Å². The molecule has 0 aromatic heterocycles. The lowest BCUT2D eigenvalue weighted by Crippen LogP contribution is -2.57. The summed E-state index contributed by atoms with van der Waals surface area (Å²) in [7, 11) is 0. The molecule has 0 spiro atoms. The molecule has 29 heavy (non-hydrogen) atoms. The lowest BCUT2D eigenvalue weighted by Gasteiger charge is -2.39. The van der Waals surface area contributed by atoms with Gasteiger partial charge in [-0.3, -0.25) is 14.5 Å². The normalized spacial score (nSPS) is 23.3. The summed E-state index contributed by atoms with van der Waals surface area (Å²) < 4.78 is 0. The van der Waals surface area contributed by atoms with Crippen molar-refractivity contribution in [3.05, 3.63) is 40.9 Å². The van der Waals surface area contributed by atoms with E-state index in [-0.39, 0.29) is 24.5 Å². The number of carbonyl (C=O) groups is 2. The van der Waals surface area contributed by atoms with Crippen molar-refractivity contribution < 1.29 is 14.7 Å². The third kappa shape index (κ3) is 5.59. The van der Waals surface area contributed by atoms with Crippen LogP contribution in [0.3, 0.4) is 0 Å². The van der Waals surface area contributed by atoms with Crippen molar-refractivity contribution in [2.45, 2.75) is 38.3 Å². The molecule has 6 nitrogen and oxygen atoms in total. The van der Waals surface area contributed by atoms with Crippen LogP contribution in [0.15, 0.2) is 30.3 Å². The monoisotopic (exact) mass is 419 g/mol. The third-order valence-electron chi connectivity index (χ3n) is 5.88. The zero-order chi connectivity index (χ0) is 20.8. The number of likely N-dealkylation sites (tertiary alicyclic amines) is 1. The van der Waals surface area contributed by atoms with Gasteiger partial charge in [0.1, 0.15) is 6.04 Å². The highest BCUT2D eigenvalue weighted by atomic mass is 35.5. The van der Waals surface area contributed by atoms with Crippen molar-refractivity contribution in [3.8, 4) is 0 Å². The van der Waals surface area contributed by atoms with Crippen molar-refractivity contribution in [1.82, 2.24) is 14.7 Å². The predicted octanol–water partition coefficient (Wildman–Crippen LogP) is 2.26. The molecular weight excluding hydrogens is 390 g/mol. The molecule has 3 rings (SSSR count). The number of nitrogens with zero attached hydrogens (tertiary/aromatic N) is 3. The maximum atomic E-state index is 12.7. The molecule has 1 aromatic rings. The molecule has 0 bridgehead atoms. The van der Waals surface area contributed by atoms with Crippen LogP contribution in [0.4, 0.5) is 0 Å². The number of carbonyl (C=O) groups excluding carboxylic acids is 2. The molecule has 158 valence electrons. The highest BCUT2D eigenvalue weighted by Crippen LogP contribution is 2.18. The molecule has 1 aromatic carbocycles. The first-order chi connectivity index (χ1) is 14.0. The zero-order valence-electron chi connectivity index (χ0n) is 17.0. The van der Waals surface area contributed by atoms with E-state index in [1.807, 2.05) is 17.0 Å². The average Bonchev–Trinajstić information content (AvgIpc) is 3.17. The van der Waals surface area contributed by atoms with Gasteiger partial charge in [0.05, 0.1) is 6.61 Å². The summed E-state index contributed by atoms with van der Waals surface area (Å²) in [6.45, 7) is 5.71. The van der Waals surface area contributed by atoms with E-state index in [1.165, 1.54) is 6.08 Å². The smallest absolute Gasteiger partial charge is 0.247 e. The molecule has 0 radical (unpaired) electrons. The summed E-state index contributed by atoms with van der Waals surface area (Å²) in [4.78, 5) is 31.1. The maximum Gasteiger partial charge on any atom is 0.247 e. The summed E-state index contributed by atoms with van der Waals surface area (Å²) in [5.41, 5.74) is 0.853. The van der Waals surface area contributed by atoms with Gasteiger partial charge in [-0.2, -0.15) is 0 Å². The highest BCUT2D eigenvalue weighted by molar-refractivity contribution is 6.30. The third-order valence-corrected chi connectivity index (χ3v) is 6.12. The van der Waals surface area contributed by atoms with Gasteiger partial charge in [-0.15, -0.1) is 0 Å². The highest BCUT2D eigenvalue weighted by Gasteiger charge is 2.33. The fourth-order valence-electron chi connectivity index (χ4n) is 4.19. The van der Waals surface area contributed by atoms with E-state index in [2.05, 4.69) is 4.90 Å². The topological polar surface area (TPSA) is 64.1 Å². The largest absolute Gasteiger partial charge is 0.395 e. The van der Waals surface area contributed by atoms with Gasteiger partial charge >= 0.3 is 0 Å². The Balaban J connectivity index is 1.49. The van der Waals surface area contributed by atoms with Gasteiger partial charge in [-0.25, -0.2) is 0 Å². The predicted molar refractivity (Wildman–Crippen MR) is 115 cm³/mol. The number of piperazine rings is 1. The number of rotatable bonds is 7. The van der Waals surface area contributed by atoms with Crippen molar-refractivity contribution in [3.63, 3.8) is 0 Å². The molecule has 2 heterocycles. The van der Waals surface area contributed by atoms with Crippen LogP contribution in [0, 0.1) is 0 Å². The molecular formula is C22H30ClN3O3. The van der Waals surface area contributed by atoms with E-state index < -0.39 is 6.04 Å². The van der Waals surface area contributed by atoms with Gasteiger partial charge in [-0.1, -0.05) is 23.7 Å². The molecule has 7 heteroatoms. The van der Waals surface area contributed by atoms with Crippen molar-refractivity contribution in [2.75, 3.05) is 39.3 Å². The summed E-state index contributed by atoms with van der Waals surface area (Å²) in [5.74, 6) is -0.158. The average molecular weight is 420 g/mol. The fraction of sp³-hybridized carbons (Fsp3) is 0.545. The standard InChI is InChI=1S/C22H30ClN3O3/c1-17-22(29)25(12-4-11-24-10-3-7-20(24)16-27)13-14-26(17)21(28)9-8-18-5-2-6-19(23)15-18/h2,5-6,8-9,15,17,20,27H,3-4,7,10-14,16H2,1H3/b9-8+/t17?,20-/m0/s1. The summed E-state index contributed by atoms with van der Waals surface area (Å²) in [6, 6.07) is 7.10. The molecule has 2 aliphatic rings. The number of hydrogen-bond donors (Lipinski definition) is 1. The van der Waals surface area contributed by atoms with E-state index in [9.17, 15) is 14.7 Å². The second kappa shape index (κ2) is 10.2. The van der Waals surface area contributed by atoms with Crippen LogP contribution in [-0.2, 0) is 9.59 Å². The number of benzene rings is 1. The van der Waals surface area contributed by atoms with Crippen LogP contribution < -0.4 is 0 Å². The first kappa shape index (κ1) is 21.8. The zero-order valence-corrected chi connectivity index (χ0v) is 17.7.